The molecule has 13 heavy (non-hydrogen) atoms. The van der Waals surface area contributed by atoms with E-state index in [4.69, 9.17) is 0 Å². The Morgan fingerprint density at radius 3 is 2.77 bits per heavy atom. The molecule has 62 valence electrons. The van der Waals surface area contributed by atoms with Gasteiger partial charge >= 0.3 is 83.5 Å². The van der Waals surface area contributed by atoms with Crippen LogP contribution < -0.4 is 10.4 Å². The molecule has 0 saturated heterocycles. The minimum absolute atomic E-state index is 0.0569. The van der Waals surface area contributed by atoms with Gasteiger partial charge in [-0.2, -0.15) is 0 Å². The van der Waals surface area contributed by atoms with Gasteiger partial charge in [-0.05, 0) is 0 Å². The number of benzene rings is 1. The second kappa shape index (κ2) is 2.75. The normalized spacial score (nSPS) is 17.8. The fourth-order valence-corrected chi connectivity index (χ4v) is 3.44. The average molecular weight is 228 g/mol. The molecule has 0 N–H and O–H groups in total. The Morgan fingerprint density at radius 2 is 1.77 bits per heavy atom. The molecule has 3 rings (SSSR count). The summed E-state index contributed by atoms with van der Waals surface area (Å²) in [5.41, 5.74) is 2.76. The summed E-state index contributed by atoms with van der Waals surface area (Å²) in [7, 11) is 0. The van der Waals surface area contributed by atoms with Gasteiger partial charge in [0.05, 0.1) is 0 Å². The van der Waals surface area contributed by atoms with Crippen molar-refractivity contribution in [2.24, 2.45) is 0 Å². The van der Waals surface area contributed by atoms with Crippen molar-refractivity contribution in [3.63, 3.8) is 0 Å². The predicted molar refractivity (Wildman–Crippen MR) is 59.8 cm³/mol. The van der Waals surface area contributed by atoms with E-state index in [1.165, 1.54) is 21.6 Å². The number of fused-ring (bicyclic) bond motifs is 2. The van der Waals surface area contributed by atoms with E-state index in [-0.39, 0.29) is 15.8 Å². The molecular formula is C12H9As. The minimum atomic E-state index is 0.0569. The van der Waals surface area contributed by atoms with Crippen LogP contribution in [0.2, 0.25) is 0 Å². The van der Waals surface area contributed by atoms with E-state index in [1.54, 1.807) is 0 Å². The molecule has 1 heteroatoms. The molecule has 0 radical (unpaired) electrons. The summed E-state index contributed by atoms with van der Waals surface area (Å²) >= 11 is 0.0569. The van der Waals surface area contributed by atoms with Gasteiger partial charge in [-0.3, -0.25) is 0 Å². The molecule has 1 aromatic carbocycles. The van der Waals surface area contributed by atoms with Crippen LogP contribution in [0, 0.1) is 0 Å². The topological polar surface area (TPSA) is 0 Å². The van der Waals surface area contributed by atoms with E-state index in [2.05, 4.69) is 46.2 Å². The molecule has 0 fully saturated rings. The molecular weight excluding hydrogens is 219 g/mol. The van der Waals surface area contributed by atoms with Gasteiger partial charge in [-0.15, -0.1) is 0 Å². The third-order valence-electron chi connectivity index (χ3n) is 2.44. The Morgan fingerprint density at radius 1 is 0.923 bits per heavy atom. The first-order chi connectivity index (χ1) is 6.43. The molecule has 1 heterocycles. The van der Waals surface area contributed by atoms with Crippen molar-refractivity contribution in [3.8, 4) is 0 Å². The van der Waals surface area contributed by atoms with Crippen LogP contribution in [0.5, 0.6) is 0 Å². The van der Waals surface area contributed by atoms with Crippen molar-refractivity contribution in [1.29, 1.82) is 0 Å². The van der Waals surface area contributed by atoms with Crippen molar-refractivity contribution in [3.05, 3.63) is 44.6 Å². The van der Waals surface area contributed by atoms with E-state index >= 15 is 0 Å². The van der Waals surface area contributed by atoms with Crippen molar-refractivity contribution in [2.75, 3.05) is 0 Å². The molecule has 1 aliphatic heterocycles. The van der Waals surface area contributed by atoms with E-state index in [0.29, 0.717) is 0 Å². The molecule has 0 saturated carbocycles. The molecule has 1 unspecified atom stereocenters. The van der Waals surface area contributed by atoms with Crippen molar-refractivity contribution in [2.45, 2.75) is 0 Å². The van der Waals surface area contributed by atoms with E-state index in [9.17, 15) is 0 Å². The number of hydrogen-bond donors (Lipinski definition) is 0. The van der Waals surface area contributed by atoms with Gasteiger partial charge in [0.25, 0.3) is 0 Å². The first-order valence-electron chi connectivity index (χ1n) is 4.39. The Bertz CT molecular complexity index is 533. The van der Waals surface area contributed by atoms with Gasteiger partial charge in [0.1, 0.15) is 0 Å². The molecule has 1 aromatic rings. The predicted octanol–water partition coefficient (Wildman–Crippen LogP) is 0.653. The van der Waals surface area contributed by atoms with Crippen LogP contribution in [0.15, 0.2) is 23.1 Å². The SMILES string of the molecule is C1=Cc2cc3c(cc2=C1)C=C[AsH]C=3. The van der Waals surface area contributed by atoms with Crippen LogP contribution in [-0.4, -0.2) is 15.8 Å². The first kappa shape index (κ1) is 7.41. The standard InChI is InChI=1S/C12H9As/c1-2-9-6-11-4-5-13-8-12(11)7-10(9)3-1/h1-8,13H. The Hall–Kier alpha value is -1.00. The third kappa shape index (κ3) is 1.14. The van der Waals surface area contributed by atoms with E-state index < -0.39 is 0 Å². The second-order valence-corrected chi connectivity index (χ2v) is 5.28. The number of rotatable bonds is 0. The zero-order valence-electron chi connectivity index (χ0n) is 7.12. The molecule has 0 aromatic heterocycles. The molecule has 1 aliphatic carbocycles. The summed E-state index contributed by atoms with van der Waals surface area (Å²) in [6.45, 7) is 0. The summed E-state index contributed by atoms with van der Waals surface area (Å²) in [6, 6.07) is 4.58. The summed E-state index contributed by atoms with van der Waals surface area (Å²) in [5.74, 6) is 0. The van der Waals surface area contributed by atoms with Crippen LogP contribution in [0.3, 0.4) is 0 Å². The van der Waals surface area contributed by atoms with Gasteiger partial charge in [0.2, 0.25) is 0 Å². The van der Waals surface area contributed by atoms with Gasteiger partial charge in [0.15, 0.2) is 0 Å². The zero-order valence-corrected chi connectivity index (χ0v) is 9.22. The Balaban J connectivity index is 2.43. The van der Waals surface area contributed by atoms with E-state index in [0.717, 1.165) is 0 Å². The van der Waals surface area contributed by atoms with Gasteiger partial charge in [-0.25, -0.2) is 0 Å². The third-order valence-corrected chi connectivity index (χ3v) is 4.19. The van der Waals surface area contributed by atoms with E-state index in [1.807, 2.05) is 0 Å². The van der Waals surface area contributed by atoms with Crippen LogP contribution in [-0.2, 0) is 0 Å². The van der Waals surface area contributed by atoms with Crippen molar-refractivity contribution >= 4 is 38.8 Å². The fraction of sp³-hybridized carbons (Fsp3) is 0. The summed E-state index contributed by atoms with van der Waals surface area (Å²) in [4.78, 5) is 4.73. The van der Waals surface area contributed by atoms with Crippen molar-refractivity contribution in [1.82, 2.24) is 0 Å². The maximum absolute atomic E-state index is 2.40. The molecule has 0 amide bonds. The Labute approximate surface area is 83.7 Å². The summed E-state index contributed by atoms with van der Waals surface area (Å²) in [6.07, 6.45) is 8.74. The quantitative estimate of drug-likeness (QED) is 0.572. The second-order valence-electron chi connectivity index (χ2n) is 3.28. The van der Waals surface area contributed by atoms with Gasteiger partial charge in [0, 0.05) is 0 Å². The van der Waals surface area contributed by atoms with Gasteiger partial charge < -0.3 is 0 Å². The summed E-state index contributed by atoms with van der Waals surface area (Å²) in [5, 5.41) is 2.79. The van der Waals surface area contributed by atoms with Crippen molar-refractivity contribution < 1.29 is 0 Å². The molecule has 0 nitrogen and oxygen atoms in total. The molecule has 1 atom stereocenters. The maximum atomic E-state index is 2.40. The van der Waals surface area contributed by atoms with Crippen LogP contribution >= 0.6 is 0 Å². The summed E-state index contributed by atoms with van der Waals surface area (Å²) < 4.78 is 0. The zero-order chi connectivity index (χ0) is 8.67. The number of hydrogen-bond acceptors (Lipinski definition) is 0. The molecule has 2 aliphatic rings. The Kier molecular flexibility index (Phi) is 1.57. The van der Waals surface area contributed by atoms with Crippen LogP contribution in [0.25, 0.3) is 23.1 Å². The average Bonchev–Trinajstić information content (AvgIpc) is 2.61. The van der Waals surface area contributed by atoms with Gasteiger partial charge in [-0.1, -0.05) is 0 Å². The number of allylic oxidation sites excluding steroid dienone is 1. The first-order valence-corrected chi connectivity index (χ1v) is 6.81. The van der Waals surface area contributed by atoms with Crippen LogP contribution in [0.1, 0.15) is 11.1 Å². The molecule has 0 spiro atoms. The monoisotopic (exact) mass is 228 g/mol. The molecule has 0 bridgehead atoms. The van der Waals surface area contributed by atoms with Crippen LogP contribution in [0.4, 0.5) is 0 Å². The fourth-order valence-electron chi connectivity index (χ4n) is 1.76.